The van der Waals surface area contributed by atoms with Gasteiger partial charge in [0.2, 0.25) is 11.8 Å². The SMILES string of the molecule is Cc1nn([C@@H](C)CC(=O)N2CCNC(=O)[C@@H]2Cc2cccc(-c3ccccc3)c2)c(C)c1C. The summed E-state index contributed by atoms with van der Waals surface area (Å²) in [6.45, 7) is 9.10. The van der Waals surface area contributed by atoms with Crippen molar-refractivity contribution in [2.75, 3.05) is 13.1 Å². The highest BCUT2D eigenvalue weighted by molar-refractivity contribution is 5.89. The van der Waals surface area contributed by atoms with Crippen molar-refractivity contribution in [3.8, 4) is 11.1 Å². The molecule has 2 amide bonds. The maximum absolute atomic E-state index is 13.3. The van der Waals surface area contributed by atoms with Gasteiger partial charge in [-0.2, -0.15) is 5.10 Å². The molecule has 4 rings (SSSR count). The number of hydrogen-bond acceptors (Lipinski definition) is 3. The van der Waals surface area contributed by atoms with Crippen molar-refractivity contribution in [2.24, 2.45) is 0 Å². The fourth-order valence-corrected chi connectivity index (χ4v) is 4.58. The lowest BCUT2D eigenvalue weighted by Gasteiger charge is -2.36. The van der Waals surface area contributed by atoms with Crippen molar-refractivity contribution >= 4 is 11.8 Å². The van der Waals surface area contributed by atoms with Crippen molar-refractivity contribution in [1.82, 2.24) is 20.0 Å². The molecule has 0 bridgehead atoms. The summed E-state index contributed by atoms with van der Waals surface area (Å²) in [6.07, 6.45) is 0.806. The molecular weight excluding hydrogens is 412 g/mol. The number of nitrogens with zero attached hydrogens (tertiary/aromatic N) is 3. The van der Waals surface area contributed by atoms with Gasteiger partial charge in [-0.1, -0.05) is 54.6 Å². The van der Waals surface area contributed by atoms with E-state index in [1.807, 2.05) is 55.8 Å². The molecule has 1 aliphatic heterocycles. The van der Waals surface area contributed by atoms with Gasteiger partial charge in [-0.3, -0.25) is 14.3 Å². The van der Waals surface area contributed by atoms with E-state index in [9.17, 15) is 9.59 Å². The van der Waals surface area contributed by atoms with E-state index in [-0.39, 0.29) is 17.9 Å². The molecule has 33 heavy (non-hydrogen) atoms. The second-order valence-electron chi connectivity index (χ2n) is 8.96. The third-order valence-electron chi connectivity index (χ3n) is 6.69. The Labute approximate surface area is 195 Å². The van der Waals surface area contributed by atoms with Gasteiger partial charge >= 0.3 is 0 Å². The van der Waals surface area contributed by atoms with Crippen LogP contribution in [-0.2, 0) is 16.0 Å². The van der Waals surface area contributed by atoms with Gasteiger partial charge in [0.25, 0.3) is 0 Å². The van der Waals surface area contributed by atoms with Crippen LogP contribution in [-0.4, -0.2) is 45.6 Å². The molecule has 1 N–H and O–H groups in total. The van der Waals surface area contributed by atoms with Gasteiger partial charge in [0.15, 0.2) is 0 Å². The first-order valence-corrected chi connectivity index (χ1v) is 11.6. The first-order valence-electron chi connectivity index (χ1n) is 11.6. The largest absolute Gasteiger partial charge is 0.353 e. The van der Waals surface area contributed by atoms with Gasteiger partial charge in [0, 0.05) is 31.6 Å². The Morgan fingerprint density at radius 1 is 1.09 bits per heavy atom. The molecule has 1 aliphatic rings. The Hall–Kier alpha value is -3.41. The molecule has 1 saturated heterocycles. The molecule has 6 nitrogen and oxygen atoms in total. The van der Waals surface area contributed by atoms with Crippen LogP contribution in [0.5, 0.6) is 0 Å². The van der Waals surface area contributed by atoms with Crippen LogP contribution in [0.4, 0.5) is 0 Å². The zero-order valence-electron chi connectivity index (χ0n) is 19.8. The molecule has 6 heteroatoms. The first-order chi connectivity index (χ1) is 15.8. The smallest absolute Gasteiger partial charge is 0.243 e. The normalized spacial score (nSPS) is 17.0. The summed E-state index contributed by atoms with van der Waals surface area (Å²) in [6, 6.07) is 17.8. The number of rotatable bonds is 6. The summed E-state index contributed by atoms with van der Waals surface area (Å²) in [5, 5.41) is 7.55. The van der Waals surface area contributed by atoms with Crippen LogP contribution in [0.15, 0.2) is 54.6 Å². The summed E-state index contributed by atoms with van der Waals surface area (Å²) < 4.78 is 1.94. The number of hydrogen-bond donors (Lipinski definition) is 1. The van der Waals surface area contributed by atoms with E-state index < -0.39 is 6.04 Å². The number of nitrogens with one attached hydrogen (secondary N) is 1. The first kappa shape index (κ1) is 22.8. The second kappa shape index (κ2) is 9.61. The summed E-state index contributed by atoms with van der Waals surface area (Å²) >= 11 is 0. The van der Waals surface area contributed by atoms with E-state index in [0.717, 1.165) is 33.6 Å². The van der Waals surface area contributed by atoms with Crippen LogP contribution in [0.3, 0.4) is 0 Å². The minimum Gasteiger partial charge on any atom is -0.353 e. The molecule has 0 aliphatic carbocycles. The van der Waals surface area contributed by atoms with Gasteiger partial charge in [-0.25, -0.2) is 0 Å². The van der Waals surface area contributed by atoms with Crippen molar-refractivity contribution in [2.45, 2.75) is 52.6 Å². The average Bonchev–Trinajstić information content (AvgIpc) is 3.08. The van der Waals surface area contributed by atoms with Crippen molar-refractivity contribution in [3.63, 3.8) is 0 Å². The second-order valence-corrected chi connectivity index (χ2v) is 8.96. The quantitative estimate of drug-likeness (QED) is 0.625. The third-order valence-corrected chi connectivity index (χ3v) is 6.69. The molecule has 0 radical (unpaired) electrons. The Morgan fingerprint density at radius 3 is 2.52 bits per heavy atom. The molecule has 1 aromatic heterocycles. The lowest BCUT2D eigenvalue weighted by atomic mass is 9.97. The number of benzene rings is 2. The lowest BCUT2D eigenvalue weighted by Crippen LogP contribution is -2.58. The summed E-state index contributed by atoms with van der Waals surface area (Å²) in [5.41, 5.74) is 6.50. The molecule has 1 fully saturated rings. The van der Waals surface area contributed by atoms with E-state index in [4.69, 9.17) is 0 Å². The van der Waals surface area contributed by atoms with E-state index in [2.05, 4.69) is 41.6 Å². The maximum atomic E-state index is 13.3. The topological polar surface area (TPSA) is 67.2 Å². The van der Waals surface area contributed by atoms with Crippen LogP contribution >= 0.6 is 0 Å². The molecule has 0 spiro atoms. The van der Waals surface area contributed by atoms with Crippen LogP contribution in [0.25, 0.3) is 11.1 Å². The van der Waals surface area contributed by atoms with E-state index in [1.54, 1.807) is 4.90 Å². The molecule has 2 aromatic carbocycles. The van der Waals surface area contributed by atoms with Crippen molar-refractivity contribution in [1.29, 1.82) is 0 Å². The molecule has 0 saturated carbocycles. The van der Waals surface area contributed by atoms with Gasteiger partial charge in [-0.15, -0.1) is 0 Å². The lowest BCUT2D eigenvalue weighted by molar-refractivity contribution is -0.143. The molecule has 0 unspecified atom stereocenters. The van der Waals surface area contributed by atoms with E-state index in [1.165, 1.54) is 0 Å². The number of aryl methyl sites for hydroxylation is 1. The number of piperazine rings is 1. The monoisotopic (exact) mass is 444 g/mol. The van der Waals surface area contributed by atoms with E-state index in [0.29, 0.717) is 25.9 Å². The number of aromatic nitrogens is 2. The molecular formula is C27H32N4O2. The molecule has 172 valence electrons. The third kappa shape index (κ3) is 4.85. The van der Waals surface area contributed by atoms with Gasteiger partial charge < -0.3 is 10.2 Å². The molecule has 2 heterocycles. The predicted molar refractivity (Wildman–Crippen MR) is 130 cm³/mol. The Morgan fingerprint density at radius 2 is 1.82 bits per heavy atom. The van der Waals surface area contributed by atoms with Gasteiger partial charge in [0.05, 0.1) is 11.7 Å². The van der Waals surface area contributed by atoms with Crippen molar-refractivity contribution in [3.05, 3.63) is 77.1 Å². The van der Waals surface area contributed by atoms with E-state index >= 15 is 0 Å². The minimum absolute atomic E-state index is 0.00762. The van der Waals surface area contributed by atoms with Crippen LogP contribution < -0.4 is 5.32 Å². The zero-order chi connectivity index (χ0) is 23.5. The molecule has 3 aromatic rings. The fourth-order valence-electron chi connectivity index (χ4n) is 4.58. The summed E-state index contributed by atoms with van der Waals surface area (Å²) in [5.74, 6) is -0.0962. The van der Waals surface area contributed by atoms with Crippen molar-refractivity contribution < 1.29 is 9.59 Å². The summed E-state index contributed by atoms with van der Waals surface area (Å²) in [4.78, 5) is 27.9. The van der Waals surface area contributed by atoms with Crippen LogP contribution in [0, 0.1) is 20.8 Å². The highest BCUT2D eigenvalue weighted by Crippen LogP contribution is 2.24. The number of carbonyl (C=O) groups is 2. The highest BCUT2D eigenvalue weighted by Gasteiger charge is 2.34. The van der Waals surface area contributed by atoms with Gasteiger partial charge in [-0.05, 0) is 49.9 Å². The number of carbonyl (C=O) groups excluding carboxylic acids is 2. The standard InChI is InChI=1S/C27H32N4O2/c1-18(31-21(4)19(2)20(3)29-31)15-26(32)30-14-13-28-27(33)25(30)17-22-9-8-12-24(16-22)23-10-6-5-7-11-23/h5-12,16,18,25H,13-15,17H2,1-4H3,(H,28,33)/t18-,25-/m0/s1. The Bertz CT molecular complexity index is 1150. The highest BCUT2D eigenvalue weighted by atomic mass is 16.2. The van der Waals surface area contributed by atoms with Crippen LogP contribution in [0.2, 0.25) is 0 Å². The number of amides is 2. The fraction of sp³-hybridized carbons (Fsp3) is 0.370. The Kier molecular flexibility index (Phi) is 6.63. The Balaban J connectivity index is 1.51. The van der Waals surface area contributed by atoms with Crippen LogP contribution in [0.1, 0.15) is 41.9 Å². The van der Waals surface area contributed by atoms with Gasteiger partial charge in [0.1, 0.15) is 6.04 Å². The summed E-state index contributed by atoms with van der Waals surface area (Å²) in [7, 11) is 0. The average molecular weight is 445 g/mol. The molecule has 2 atom stereocenters. The maximum Gasteiger partial charge on any atom is 0.243 e. The minimum atomic E-state index is -0.508. The zero-order valence-corrected chi connectivity index (χ0v) is 19.8. The predicted octanol–water partition coefficient (Wildman–Crippen LogP) is 4.00.